The maximum Gasteiger partial charge on any atom is 0.227 e. The first-order valence-corrected chi connectivity index (χ1v) is 5.79. The molecule has 0 unspecified atom stereocenters. The lowest BCUT2D eigenvalue weighted by molar-refractivity contribution is -0.122. The summed E-state index contributed by atoms with van der Waals surface area (Å²) in [5.41, 5.74) is 7.03. The minimum Gasteiger partial charge on any atom is -0.389 e. The molecule has 1 saturated carbocycles. The van der Waals surface area contributed by atoms with Gasteiger partial charge in [0.15, 0.2) is 0 Å². The Morgan fingerprint density at radius 3 is 2.62 bits per heavy atom. The van der Waals surface area contributed by atoms with E-state index in [0.29, 0.717) is 10.7 Å². The van der Waals surface area contributed by atoms with Crippen LogP contribution in [-0.4, -0.2) is 10.9 Å². The van der Waals surface area contributed by atoms with E-state index in [4.69, 9.17) is 18.0 Å². The van der Waals surface area contributed by atoms with E-state index in [-0.39, 0.29) is 11.8 Å². The third-order valence-corrected chi connectivity index (χ3v) is 3.15. The third-order valence-electron chi connectivity index (χ3n) is 2.93. The molecule has 0 radical (unpaired) electrons. The molecule has 16 heavy (non-hydrogen) atoms. The number of carbonyl (C=O) groups is 1. The highest BCUT2D eigenvalue weighted by molar-refractivity contribution is 7.80. The summed E-state index contributed by atoms with van der Waals surface area (Å²) >= 11 is 4.94. The topological polar surface area (TPSA) is 55.1 Å². The zero-order valence-electron chi connectivity index (χ0n) is 8.90. The number of rotatable bonds is 3. The summed E-state index contributed by atoms with van der Waals surface area (Å²) < 4.78 is 0. The van der Waals surface area contributed by atoms with Gasteiger partial charge in [0.2, 0.25) is 5.91 Å². The Morgan fingerprint density at radius 2 is 2.06 bits per heavy atom. The molecule has 0 heterocycles. The highest BCUT2D eigenvalue weighted by atomic mass is 32.1. The first-order valence-electron chi connectivity index (χ1n) is 5.38. The van der Waals surface area contributed by atoms with Crippen LogP contribution in [0, 0.1) is 5.92 Å². The maximum atomic E-state index is 11.8. The fourth-order valence-corrected chi connectivity index (χ4v) is 1.89. The molecule has 0 aromatic heterocycles. The second-order valence-corrected chi connectivity index (χ2v) is 4.47. The SMILES string of the molecule is NC(=S)c1ccccc1NC(=O)C1CCC1. The van der Waals surface area contributed by atoms with Gasteiger partial charge in [0, 0.05) is 11.5 Å². The number of benzene rings is 1. The Bertz CT molecular complexity index is 427. The standard InChI is InChI=1S/C12H14N2OS/c13-11(16)9-6-1-2-7-10(9)14-12(15)8-4-3-5-8/h1-2,6-8H,3-5H2,(H2,13,16)(H,14,15). The second kappa shape index (κ2) is 4.61. The van der Waals surface area contributed by atoms with Crippen molar-refractivity contribution in [3.63, 3.8) is 0 Å². The molecule has 1 aliphatic carbocycles. The molecule has 1 amide bonds. The van der Waals surface area contributed by atoms with Crippen LogP contribution >= 0.6 is 12.2 Å². The third kappa shape index (κ3) is 2.22. The molecule has 84 valence electrons. The summed E-state index contributed by atoms with van der Waals surface area (Å²) in [7, 11) is 0. The number of amides is 1. The van der Waals surface area contributed by atoms with Crippen molar-refractivity contribution in [2.24, 2.45) is 11.7 Å². The van der Waals surface area contributed by atoms with Gasteiger partial charge in [-0.15, -0.1) is 0 Å². The number of hydrogen-bond donors (Lipinski definition) is 2. The van der Waals surface area contributed by atoms with E-state index in [0.717, 1.165) is 24.8 Å². The molecule has 2 rings (SSSR count). The van der Waals surface area contributed by atoms with E-state index in [9.17, 15) is 4.79 Å². The molecular weight excluding hydrogens is 220 g/mol. The van der Waals surface area contributed by atoms with Crippen LogP contribution in [0.5, 0.6) is 0 Å². The summed E-state index contributed by atoms with van der Waals surface area (Å²) in [6.45, 7) is 0. The average molecular weight is 234 g/mol. The van der Waals surface area contributed by atoms with Gasteiger partial charge in [0.05, 0.1) is 5.69 Å². The zero-order chi connectivity index (χ0) is 11.5. The number of anilines is 1. The first-order chi connectivity index (χ1) is 7.68. The quantitative estimate of drug-likeness (QED) is 0.787. The van der Waals surface area contributed by atoms with Crippen molar-refractivity contribution >= 4 is 28.8 Å². The molecule has 0 atom stereocenters. The van der Waals surface area contributed by atoms with Gasteiger partial charge in [0.1, 0.15) is 4.99 Å². The van der Waals surface area contributed by atoms with E-state index in [2.05, 4.69) is 5.32 Å². The number of nitrogens with two attached hydrogens (primary N) is 1. The van der Waals surface area contributed by atoms with Crippen LogP contribution in [0.25, 0.3) is 0 Å². The van der Waals surface area contributed by atoms with Crippen molar-refractivity contribution in [1.82, 2.24) is 0 Å². The number of para-hydroxylation sites is 1. The maximum absolute atomic E-state index is 11.8. The number of carbonyl (C=O) groups excluding carboxylic acids is 1. The molecule has 0 aliphatic heterocycles. The van der Waals surface area contributed by atoms with Gasteiger partial charge < -0.3 is 11.1 Å². The fourth-order valence-electron chi connectivity index (χ4n) is 1.71. The van der Waals surface area contributed by atoms with Crippen LogP contribution in [0.1, 0.15) is 24.8 Å². The summed E-state index contributed by atoms with van der Waals surface area (Å²) in [5.74, 6) is 0.245. The summed E-state index contributed by atoms with van der Waals surface area (Å²) in [4.78, 5) is 12.1. The Hall–Kier alpha value is -1.42. The predicted octanol–water partition coefficient (Wildman–Crippen LogP) is 2.06. The lowest BCUT2D eigenvalue weighted by Crippen LogP contribution is -2.29. The predicted molar refractivity (Wildman–Crippen MR) is 68.3 cm³/mol. The van der Waals surface area contributed by atoms with Gasteiger partial charge >= 0.3 is 0 Å². The van der Waals surface area contributed by atoms with Crippen LogP contribution in [-0.2, 0) is 4.79 Å². The van der Waals surface area contributed by atoms with Crippen LogP contribution in [0.2, 0.25) is 0 Å². The van der Waals surface area contributed by atoms with Crippen LogP contribution < -0.4 is 11.1 Å². The van der Waals surface area contributed by atoms with Crippen molar-refractivity contribution in [3.8, 4) is 0 Å². The van der Waals surface area contributed by atoms with Gasteiger partial charge in [-0.2, -0.15) is 0 Å². The minimum atomic E-state index is 0.0787. The zero-order valence-corrected chi connectivity index (χ0v) is 9.72. The Balaban J connectivity index is 2.13. The van der Waals surface area contributed by atoms with Crippen molar-refractivity contribution in [3.05, 3.63) is 29.8 Å². The molecule has 3 N–H and O–H groups in total. The molecule has 0 bridgehead atoms. The van der Waals surface area contributed by atoms with Gasteiger partial charge in [-0.25, -0.2) is 0 Å². The van der Waals surface area contributed by atoms with Crippen LogP contribution in [0.4, 0.5) is 5.69 Å². The molecule has 1 aromatic rings. The summed E-state index contributed by atoms with van der Waals surface area (Å²) in [5, 5.41) is 2.89. The van der Waals surface area contributed by atoms with Gasteiger partial charge in [-0.1, -0.05) is 30.8 Å². The lowest BCUT2D eigenvalue weighted by Gasteiger charge is -2.24. The van der Waals surface area contributed by atoms with Crippen molar-refractivity contribution in [1.29, 1.82) is 0 Å². The number of hydrogen-bond acceptors (Lipinski definition) is 2. The molecule has 4 heteroatoms. The number of nitrogens with one attached hydrogen (secondary N) is 1. The van der Waals surface area contributed by atoms with E-state index in [1.54, 1.807) is 0 Å². The van der Waals surface area contributed by atoms with E-state index in [1.165, 1.54) is 0 Å². The van der Waals surface area contributed by atoms with Crippen LogP contribution in [0.15, 0.2) is 24.3 Å². The average Bonchev–Trinajstić information content (AvgIpc) is 2.15. The summed E-state index contributed by atoms with van der Waals surface area (Å²) in [6, 6.07) is 7.36. The van der Waals surface area contributed by atoms with Gasteiger partial charge in [-0.3, -0.25) is 4.79 Å². The van der Waals surface area contributed by atoms with E-state index < -0.39 is 0 Å². The van der Waals surface area contributed by atoms with Crippen molar-refractivity contribution in [2.45, 2.75) is 19.3 Å². The Kier molecular flexibility index (Phi) is 3.19. The number of thiocarbonyl (C=S) groups is 1. The van der Waals surface area contributed by atoms with E-state index >= 15 is 0 Å². The Morgan fingerprint density at radius 1 is 1.38 bits per heavy atom. The van der Waals surface area contributed by atoms with Crippen molar-refractivity contribution in [2.75, 3.05) is 5.32 Å². The van der Waals surface area contributed by atoms with Gasteiger partial charge in [0.25, 0.3) is 0 Å². The lowest BCUT2D eigenvalue weighted by atomic mass is 9.85. The minimum absolute atomic E-state index is 0.0787. The van der Waals surface area contributed by atoms with E-state index in [1.807, 2.05) is 24.3 Å². The van der Waals surface area contributed by atoms with Crippen LogP contribution in [0.3, 0.4) is 0 Å². The fraction of sp³-hybridized carbons (Fsp3) is 0.333. The molecule has 0 saturated heterocycles. The molecule has 1 aliphatic rings. The largest absolute Gasteiger partial charge is 0.389 e. The molecule has 1 aromatic carbocycles. The molecule has 0 spiro atoms. The summed E-state index contributed by atoms with van der Waals surface area (Å²) in [6.07, 6.45) is 3.12. The molecular formula is C12H14N2OS. The normalized spacial score (nSPS) is 15.2. The highest BCUT2D eigenvalue weighted by Gasteiger charge is 2.25. The second-order valence-electron chi connectivity index (χ2n) is 4.03. The van der Waals surface area contributed by atoms with Gasteiger partial charge in [-0.05, 0) is 25.0 Å². The molecule has 1 fully saturated rings. The Labute approximate surface area is 100 Å². The first kappa shape index (κ1) is 11.1. The highest BCUT2D eigenvalue weighted by Crippen LogP contribution is 2.28. The monoisotopic (exact) mass is 234 g/mol. The smallest absolute Gasteiger partial charge is 0.227 e. The van der Waals surface area contributed by atoms with Crippen molar-refractivity contribution < 1.29 is 4.79 Å². The molecule has 3 nitrogen and oxygen atoms in total.